The fraction of sp³-hybridized carbons (Fsp3) is 0.161. The first-order chi connectivity index (χ1) is 19.1. The second kappa shape index (κ2) is 8.01. The Balaban J connectivity index is 1.41. The van der Waals surface area contributed by atoms with Gasteiger partial charge in [-0.25, -0.2) is 19.9 Å². The Labute approximate surface area is 222 Å². The van der Waals surface area contributed by atoms with Crippen LogP contribution in [0.15, 0.2) is 61.3 Å². The van der Waals surface area contributed by atoms with Gasteiger partial charge in [-0.1, -0.05) is 45.0 Å². The van der Waals surface area contributed by atoms with Crippen molar-refractivity contribution >= 4 is 65.5 Å². The van der Waals surface area contributed by atoms with Crippen molar-refractivity contribution in [2.24, 2.45) is 0 Å². The van der Waals surface area contributed by atoms with Gasteiger partial charge in [0.2, 0.25) is 0 Å². The molecule has 8 nitrogen and oxygen atoms in total. The molecule has 4 heterocycles. The molecule has 8 rings (SSSR count). The second-order valence-electron chi connectivity index (χ2n) is 10.3. The zero-order chi connectivity index (χ0) is 26.2. The number of imidazole rings is 2. The zero-order valence-corrected chi connectivity index (χ0v) is 21.7. The van der Waals surface area contributed by atoms with Crippen LogP contribution in [0.1, 0.15) is 38.3 Å². The standard InChI is InChI=1S/C31H24N8/c1-4-23-36-26-18-7-5-16(11-20(18)22-13-32-14-35-25(22)29(26)37-23)17-6-8-19-21(12-17)24-28(34-10-9-33-24)30-27(19)38-31(39-30)15(2)3/h5-15H,4H2,1-3H3,(H,36,37)(H,38,39). The van der Waals surface area contributed by atoms with Gasteiger partial charge in [0.15, 0.2) is 0 Å². The fourth-order valence-electron chi connectivity index (χ4n) is 5.71. The first-order valence-electron chi connectivity index (χ1n) is 13.2. The number of aromatic amines is 2. The van der Waals surface area contributed by atoms with Gasteiger partial charge in [0, 0.05) is 52.5 Å². The van der Waals surface area contributed by atoms with Gasteiger partial charge in [-0.3, -0.25) is 9.97 Å². The van der Waals surface area contributed by atoms with Gasteiger partial charge in [0.05, 0.1) is 33.1 Å². The van der Waals surface area contributed by atoms with Crippen LogP contribution >= 0.6 is 0 Å². The van der Waals surface area contributed by atoms with Gasteiger partial charge >= 0.3 is 0 Å². The van der Waals surface area contributed by atoms with Crippen LogP contribution in [0.25, 0.3) is 76.7 Å². The Bertz CT molecular complexity index is 2260. The molecule has 0 unspecified atom stereocenters. The number of rotatable bonds is 3. The molecule has 0 atom stereocenters. The van der Waals surface area contributed by atoms with E-state index in [4.69, 9.17) is 19.9 Å². The maximum Gasteiger partial charge on any atom is 0.116 e. The second-order valence-corrected chi connectivity index (χ2v) is 10.3. The maximum absolute atomic E-state index is 4.96. The van der Waals surface area contributed by atoms with Crippen molar-refractivity contribution in [3.63, 3.8) is 0 Å². The Morgan fingerprint density at radius 1 is 0.667 bits per heavy atom. The molecule has 2 N–H and O–H groups in total. The molecule has 39 heavy (non-hydrogen) atoms. The number of nitrogens with zero attached hydrogens (tertiary/aromatic N) is 6. The summed E-state index contributed by atoms with van der Waals surface area (Å²) in [4.78, 5) is 35.2. The molecular formula is C31H24N8. The Kier molecular flexibility index (Phi) is 4.53. The van der Waals surface area contributed by atoms with Crippen molar-refractivity contribution in [2.75, 3.05) is 0 Å². The van der Waals surface area contributed by atoms with Gasteiger partial charge in [0.25, 0.3) is 0 Å². The number of H-pyrrole nitrogens is 2. The van der Waals surface area contributed by atoms with E-state index in [0.29, 0.717) is 0 Å². The molecule has 0 aliphatic carbocycles. The highest BCUT2D eigenvalue weighted by molar-refractivity contribution is 6.23. The fourth-order valence-corrected chi connectivity index (χ4v) is 5.71. The summed E-state index contributed by atoms with van der Waals surface area (Å²) in [6.45, 7) is 6.38. The minimum absolute atomic E-state index is 0.282. The van der Waals surface area contributed by atoms with Gasteiger partial charge in [-0.05, 0) is 28.6 Å². The minimum Gasteiger partial charge on any atom is -0.340 e. The molecule has 0 aliphatic rings. The lowest BCUT2D eigenvalue weighted by Crippen LogP contribution is -1.90. The van der Waals surface area contributed by atoms with E-state index in [-0.39, 0.29) is 5.92 Å². The van der Waals surface area contributed by atoms with Crippen LogP contribution in [0.3, 0.4) is 0 Å². The molecule has 0 saturated heterocycles. The van der Waals surface area contributed by atoms with Gasteiger partial charge in [-0.15, -0.1) is 0 Å². The van der Waals surface area contributed by atoms with E-state index in [9.17, 15) is 0 Å². The molecule has 8 aromatic rings. The summed E-state index contributed by atoms with van der Waals surface area (Å²) in [5.41, 5.74) is 8.57. The molecular weight excluding hydrogens is 484 g/mol. The average Bonchev–Trinajstić information content (AvgIpc) is 3.63. The zero-order valence-electron chi connectivity index (χ0n) is 21.7. The first-order valence-corrected chi connectivity index (χ1v) is 13.2. The first kappa shape index (κ1) is 22.0. The van der Waals surface area contributed by atoms with Crippen LogP contribution in [0, 0.1) is 0 Å². The number of hydrogen-bond donors (Lipinski definition) is 2. The molecule has 4 aromatic carbocycles. The number of aromatic nitrogens is 8. The molecule has 0 amide bonds. The lowest BCUT2D eigenvalue weighted by molar-refractivity contribution is 0.799. The molecule has 0 radical (unpaired) electrons. The topological polar surface area (TPSA) is 109 Å². The van der Waals surface area contributed by atoms with E-state index in [0.717, 1.165) is 94.7 Å². The smallest absolute Gasteiger partial charge is 0.116 e. The molecule has 0 spiro atoms. The predicted octanol–water partition coefficient (Wildman–Crippen LogP) is 6.98. The summed E-state index contributed by atoms with van der Waals surface area (Å²) in [7, 11) is 0. The minimum atomic E-state index is 0.282. The number of aryl methyl sites for hydroxylation is 1. The van der Waals surface area contributed by atoms with Crippen LogP contribution < -0.4 is 0 Å². The van der Waals surface area contributed by atoms with Crippen molar-refractivity contribution < 1.29 is 0 Å². The third-order valence-electron chi connectivity index (χ3n) is 7.67. The SMILES string of the molecule is CCc1nc2c3ccc(-c4ccc5c(c4)c4nccnc4c4[nH]c(C(C)C)nc54)cc3c3cncnc3c2[nH]1. The molecule has 8 heteroatoms. The molecule has 0 aliphatic heterocycles. The molecule has 188 valence electrons. The maximum atomic E-state index is 4.96. The third kappa shape index (κ3) is 3.11. The summed E-state index contributed by atoms with van der Waals surface area (Å²) in [6.07, 6.45) is 7.81. The summed E-state index contributed by atoms with van der Waals surface area (Å²) < 4.78 is 0. The van der Waals surface area contributed by atoms with E-state index >= 15 is 0 Å². The highest BCUT2D eigenvalue weighted by Crippen LogP contribution is 2.38. The van der Waals surface area contributed by atoms with Crippen LogP contribution in [-0.4, -0.2) is 39.9 Å². The number of nitrogens with one attached hydrogen (secondary N) is 2. The summed E-state index contributed by atoms with van der Waals surface area (Å²) >= 11 is 0. The van der Waals surface area contributed by atoms with Gasteiger partial charge in [-0.2, -0.15) is 0 Å². The highest BCUT2D eigenvalue weighted by Gasteiger charge is 2.18. The number of benzene rings is 4. The molecule has 0 fully saturated rings. The molecule has 4 aromatic heterocycles. The van der Waals surface area contributed by atoms with Gasteiger partial charge < -0.3 is 9.97 Å². The van der Waals surface area contributed by atoms with Gasteiger partial charge in [0.1, 0.15) is 23.5 Å². The van der Waals surface area contributed by atoms with E-state index in [2.05, 4.69) is 77.1 Å². The number of hydrogen-bond acceptors (Lipinski definition) is 6. The van der Waals surface area contributed by atoms with Crippen molar-refractivity contribution in [2.45, 2.75) is 33.1 Å². The summed E-state index contributed by atoms with van der Waals surface area (Å²) in [5, 5.41) is 5.27. The average molecular weight is 509 g/mol. The lowest BCUT2D eigenvalue weighted by atomic mass is 9.96. The van der Waals surface area contributed by atoms with E-state index < -0.39 is 0 Å². The third-order valence-corrected chi connectivity index (χ3v) is 7.67. The molecule has 0 saturated carbocycles. The monoisotopic (exact) mass is 508 g/mol. The largest absolute Gasteiger partial charge is 0.340 e. The van der Waals surface area contributed by atoms with E-state index in [1.54, 1.807) is 18.7 Å². The summed E-state index contributed by atoms with van der Waals surface area (Å²) in [6, 6.07) is 13.1. The van der Waals surface area contributed by atoms with Crippen LogP contribution in [0.2, 0.25) is 0 Å². The predicted molar refractivity (Wildman–Crippen MR) is 156 cm³/mol. The van der Waals surface area contributed by atoms with E-state index in [1.165, 1.54) is 0 Å². The highest BCUT2D eigenvalue weighted by atomic mass is 15.0. The van der Waals surface area contributed by atoms with Crippen LogP contribution in [0.5, 0.6) is 0 Å². The quantitative estimate of drug-likeness (QED) is 0.249. The van der Waals surface area contributed by atoms with Crippen molar-refractivity contribution in [1.82, 2.24) is 39.9 Å². The van der Waals surface area contributed by atoms with E-state index in [1.807, 2.05) is 6.20 Å². The van der Waals surface area contributed by atoms with Crippen molar-refractivity contribution in [3.8, 4) is 11.1 Å². The van der Waals surface area contributed by atoms with Crippen LogP contribution in [0.4, 0.5) is 0 Å². The van der Waals surface area contributed by atoms with Crippen molar-refractivity contribution in [3.05, 3.63) is 73.0 Å². The molecule has 0 bridgehead atoms. The lowest BCUT2D eigenvalue weighted by Gasteiger charge is -2.10. The normalized spacial score (nSPS) is 12.3. The Morgan fingerprint density at radius 2 is 1.36 bits per heavy atom. The summed E-state index contributed by atoms with van der Waals surface area (Å²) in [5.74, 6) is 2.19. The number of fused-ring (bicyclic) bond motifs is 12. The van der Waals surface area contributed by atoms with Crippen molar-refractivity contribution in [1.29, 1.82) is 0 Å². The Morgan fingerprint density at radius 3 is 2.13 bits per heavy atom. The van der Waals surface area contributed by atoms with Crippen LogP contribution in [-0.2, 0) is 6.42 Å². The Hall–Kier alpha value is -4.98.